The number of carboxylic acids is 1. The highest BCUT2D eigenvalue weighted by Crippen LogP contribution is 2.03. The Kier molecular flexibility index (Phi) is 6.67. The van der Waals surface area contributed by atoms with Crippen LogP contribution in [0, 0.1) is 0 Å². The zero-order chi connectivity index (χ0) is 11.7. The topological polar surface area (TPSA) is 72.5 Å². The van der Waals surface area contributed by atoms with Gasteiger partial charge in [0, 0.05) is 12.8 Å². The van der Waals surface area contributed by atoms with E-state index in [1.807, 2.05) is 30.3 Å². The first kappa shape index (κ1) is 13.2. The summed E-state index contributed by atoms with van der Waals surface area (Å²) in [6.07, 6.45) is 0. The van der Waals surface area contributed by atoms with Gasteiger partial charge in [-0.15, -0.1) is 0 Å². The van der Waals surface area contributed by atoms with E-state index < -0.39 is 5.97 Å². The molecule has 0 aliphatic carbocycles. The summed E-state index contributed by atoms with van der Waals surface area (Å²) in [5.41, 5.74) is 7.04. The summed E-state index contributed by atoms with van der Waals surface area (Å²) >= 11 is 0. The molecule has 0 bridgehead atoms. The molecule has 0 spiro atoms. The molecule has 4 heteroatoms. The smallest absolute Gasteiger partial charge is 0.329 e. The van der Waals surface area contributed by atoms with E-state index in [9.17, 15) is 4.79 Å². The van der Waals surface area contributed by atoms with Crippen molar-refractivity contribution in [1.29, 1.82) is 0 Å². The monoisotopic (exact) mass is 209 g/mol. The molecule has 0 fully saturated rings. The van der Waals surface area contributed by atoms with E-state index in [1.54, 1.807) is 0 Å². The lowest BCUT2D eigenvalue weighted by molar-refractivity contribution is -0.141. The van der Waals surface area contributed by atoms with Crippen LogP contribution in [-0.4, -0.2) is 24.8 Å². The molecule has 0 saturated carbocycles. The van der Waals surface area contributed by atoms with Crippen molar-refractivity contribution >= 4 is 11.7 Å². The molecule has 0 aromatic heterocycles. The average molecular weight is 209 g/mol. The average Bonchev–Trinajstić information content (AvgIpc) is 2.20. The first-order valence-electron chi connectivity index (χ1n) is 4.28. The minimum absolute atomic E-state index is 0.208. The number of rotatable bonds is 3. The summed E-state index contributed by atoms with van der Waals surface area (Å²) in [6.45, 7) is 3.39. The van der Waals surface area contributed by atoms with Crippen molar-refractivity contribution in [3.05, 3.63) is 42.5 Å². The molecule has 15 heavy (non-hydrogen) atoms. The molecule has 0 heterocycles. The molecule has 4 nitrogen and oxygen atoms in total. The second-order valence-corrected chi connectivity index (χ2v) is 2.72. The molecule has 0 radical (unpaired) electrons. The number of methoxy groups -OCH3 is 1. The summed E-state index contributed by atoms with van der Waals surface area (Å²) in [6, 6.07) is 9.69. The number of aliphatic carboxylic acids is 1. The lowest BCUT2D eigenvalue weighted by Gasteiger charge is -1.95. The molecular weight excluding hydrogens is 194 g/mol. The van der Waals surface area contributed by atoms with Crippen LogP contribution < -0.4 is 5.73 Å². The van der Waals surface area contributed by atoms with E-state index in [1.165, 1.54) is 7.11 Å². The van der Waals surface area contributed by atoms with Gasteiger partial charge >= 0.3 is 5.97 Å². The van der Waals surface area contributed by atoms with Gasteiger partial charge in [0.25, 0.3) is 0 Å². The third-order valence-corrected chi connectivity index (χ3v) is 1.41. The highest BCUT2D eigenvalue weighted by atomic mass is 16.5. The molecule has 0 aliphatic rings. The van der Waals surface area contributed by atoms with Crippen LogP contribution in [0.4, 0.5) is 0 Å². The SMILES string of the molecule is C=C(N)c1ccccc1.COCC(=O)O. The second kappa shape index (κ2) is 7.58. The molecule has 3 N–H and O–H groups in total. The maximum absolute atomic E-state index is 9.47. The van der Waals surface area contributed by atoms with Crippen LogP contribution in [0.25, 0.3) is 5.70 Å². The molecular formula is C11H15NO3. The number of ether oxygens (including phenoxy) is 1. The molecule has 82 valence electrons. The van der Waals surface area contributed by atoms with Crippen molar-refractivity contribution in [2.45, 2.75) is 0 Å². The third kappa shape index (κ3) is 7.28. The summed E-state index contributed by atoms with van der Waals surface area (Å²) in [5.74, 6) is -0.933. The summed E-state index contributed by atoms with van der Waals surface area (Å²) in [4.78, 5) is 9.47. The first-order valence-corrected chi connectivity index (χ1v) is 4.28. The summed E-state index contributed by atoms with van der Waals surface area (Å²) < 4.78 is 4.20. The van der Waals surface area contributed by atoms with E-state index in [0.29, 0.717) is 5.70 Å². The minimum Gasteiger partial charge on any atom is -0.480 e. The molecule has 0 atom stereocenters. The Morgan fingerprint density at radius 3 is 2.20 bits per heavy atom. The Balaban J connectivity index is 0.000000288. The van der Waals surface area contributed by atoms with Gasteiger partial charge in [0.2, 0.25) is 0 Å². The van der Waals surface area contributed by atoms with Gasteiger partial charge in [0.1, 0.15) is 6.61 Å². The van der Waals surface area contributed by atoms with E-state index in [2.05, 4.69) is 11.3 Å². The van der Waals surface area contributed by atoms with Crippen LogP contribution in [0.2, 0.25) is 0 Å². The van der Waals surface area contributed by atoms with Crippen LogP contribution >= 0.6 is 0 Å². The lowest BCUT2D eigenvalue weighted by atomic mass is 10.2. The van der Waals surface area contributed by atoms with Gasteiger partial charge in [0.15, 0.2) is 0 Å². The van der Waals surface area contributed by atoms with Gasteiger partial charge in [-0.05, 0) is 5.56 Å². The van der Waals surface area contributed by atoms with Gasteiger partial charge in [-0.1, -0.05) is 36.9 Å². The Bertz CT molecular complexity index is 309. The van der Waals surface area contributed by atoms with Crippen LogP contribution in [0.5, 0.6) is 0 Å². The summed E-state index contributed by atoms with van der Waals surface area (Å²) in [7, 11) is 1.34. The predicted octanol–water partition coefficient (Wildman–Crippen LogP) is 1.33. The van der Waals surface area contributed by atoms with Crippen molar-refractivity contribution in [1.82, 2.24) is 0 Å². The Morgan fingerprint density at radius 2 is 2.00 bits per heavy atom. The fourth-order valence-electron chi connectivity index (χ4n) is 0.776. The van der Waals surface area contributed by atoms with E-state index in [-0.39, 0.29) is 6.61 Å². The molecule has 0 aliphatic heterocycles. The van der Waals surface area contributed by atoms with Gasteiger partial charge in [-0.25, -0.2) is 4.79 Å². The van der Waals surface area contributed by atoms with Crippen molar-refractivity contribution in [3.63, 3.8) is 0 Å². The standard InChI is InChI=1S/C8H9N.C3H6O3/c1-7(9)8-5-3-2-4-6-8;1-6-2-3(4)5/h2-6H,1,9H2;2H2,1H3,(H,4,5). The van der Waals surface area contributed by atoms with Gasteiger partial charge in [0.05, 0.1) is 0 Å². The van der Waals surface area contributed by atoms with Crippen LogP contribution in [0.1, 0.15) is 5.56 Å². The second-order valence-electron chi connectivity index (χ2n) is 2.72. The van der Waals surface area contributed by atoms with Crippen molar-refractivity contribution in [3.8, 4) is 0 Å². The number of carboxylic acid groups (broad SMARTS) is 1. The number of nitrogens with two attached hydrogens (primary N) is 1. The van der Waals surface area contributed by atoms with E-state index in [0.717, 1.165) is 5.56 Å². The maximum atomic E-state index is 9.47. The molecule has 1 rings (SSSR count). The molecule has 1 aromatic carbocycles. The lowest BCUT2D eigenvalue weighted by Crippen LogP contribution is -2.02. The van der Waals surface area contributed by atoms with E-state index >= 15 is 0 Å². The number of carbonyl (C=O) groups is 1. The number of benzene rings is 1. The Labute approximate surface area is 89.0 Å². The highest BCUT2D eigenvalue weighted by molar-refractivity contribution is 5.67. The van der Waals surface area contributed by atoms with Gasteiger partial charge in [-0.2, -0.15) is 0 Å². The first-order chi connectivity index (χ1) is 7.07. The van der Waals surface area contributed by atoms with Crippen molar-refractivity contribution < 1.29 is 14.6 Å². The van der Waals surface area contributed by atoms with Gasteiger partial charge < -0.3 is 15.6 Å². The van der Waals surface area contributed by atoms with Crippen molar-refractivity contribution in [2.24, 2.45) is 5.73 Å². The van der Waals surface area contributed by atoms with Gasteiger partial charge in [-0.3, -0.25) is 0 Å². The maximum Gasteiger partial charge on any atom is 0.329 e. The zero-order valence-corrected chi connectivity index (χ0v) is 8.64. The van der Waals surface area contributed by atoms with Crippen molar-refractivity contribution in [2.75, 3.05) is 13.7 Å². The largest absolute Gasteiger partial charge is 0.480 e. The van der Waals surface area contributed by atoms with Crippen LogP contribution in [0.15, 0.2) is 36.9 Å². The molecule has 0 amide bonds. The highest BCUT2D eigenvalue weighted by Gasteiger charge is 1.88. The predicted molar refractivity (Wildman–Crippen MR) is 59.2 cm³/mol. The number of hydrogen-bond donors (Lipinski definition) is 2. The molecule has 0 saturated heterocycles. The number of hydrogen-bond acceptors (Lipinski definition) is 3. The minimum atomic E-state index is -0.933. The van der Waals surface area contributed by atoms with Crippen LogP contribution in [0.3, 0.4) is 0 Å². The Hall–Kier alpha value is -1.81. The quantitative estimate of drug-likeness (QED) is 0.787. The fraction of sp³-hybridized carbons (Fsp3) is 0.182. The van der Waals surface area contributed by atoms with E-state index in [4.69, 9.17) is 10.8 Å². The van der Waals surface area contributed by atoms with Crippen LogP contribution in [-0.2, 0) is 9.53 Å². The molecule has 1 aromatic rings. The normalized spacial score (nSPS) is 8.60. The summed E-state index contributed by atoms with van der Waals surface area (Å²) in [5, 5.41) is 7.79. The third-order valence-electron chi connectivity index (χ3n) is 1.41. The molecule has 0 unspecified atom stereocenters. The zero-order valence-electron chi connectivity index (χ0n) is 8.64. The fourth-order valence-corrected chi connectivity index (χ4v) is 0.776. The Morgan fingerprint density at radius 1 is 1.47 bits per heavy atom.